The summed E-state index contributed by atoms with van der Waals surface area (Å²) in [6.45, 7) is 3.72. The predicted octanol–water partition coefficient (Wildman–Crippen LogP) is 1.75. The van der Waals surface area contributed by atoms with E-state index in [2.05, 4.69) is 16.3 Å². The first-order valence-corrected chi connectivity index (χ1v) is 9.61. The van der Waals surface area contributed by atoms with E-state index in [9.17, 15) is 9.90 Å². The van der Waals surface area contributed by atoms with Crippen molar-refractivity contribution in [2.24, 2.45) is 5.92 Å². The molecule has 3 heterocycles. The molecule has 0 spiro atoms. The molecule has 1 unspecified atom stereocenters. The molecule has 6 heteroatoms. The maximum atomic E-state index is 12.1. The Morgan fingerprint density at radius 3 is 2.89 bits per heavy atom. The number of aromatic nitrogens is 1. The van der Waals surface area contributed by atoms with Crippen LogP contribution < -0.4 is 15.6 Å². The molecule has 2 aliphatic heterocycles. The zero-order valence-corrected chi connectivity index (χ0v) is 15.7. The molecule has 0 aliphatic carbocycles. The number of rotatable bonds is 6. The number of β-amino-alcohol motifs (C(OH)–C–C–N with tert-alkyl or cyclic N) is 1. The van der Waals surface area contributed by atoms with Gasteiger partial charge in [0.2, 0.25) is 0 Å². The van der Waals surface area contributed by atoms with Crippen molar-refractivity contribution in [2.45, 2.75) is 25.0 Å². The summed E-state index contributed by atoms with van der Waals surface area (Å²) < 4.78 is 7.28. The number of hydrogen-bond acceptors (Lipinski definition) is 5. The molecule has 0 amide bonds. The highest BCUT2D eigenvalue weighted by molar-refractivity contribution is 5.56. The van der Waals surface area contributed by atoms with Crippen molar-refractivity contribution in [1.82, 2.24) is 9.47 Å². The van der Waals surface area contributed by atoms with Crippen molar-refractivity contribution >= 4 is 5.69 Å². The average molecular weight is 369 g/mol. The Morgan fingerprint density at radius 2 is 2.04 bits per heavy atom. The number of nitrogens with one attached hydrogen (secondary N) is 1. The molecule has 3 atom stereocenters. The van der Waals surface area contributed by atoms with Gasteiger partial charge in [-0.3, -0.25) is 9.69 Å². The Morgan fingerprint density at radius 1 is 1.19 bits per heavy atom. The van der Waals surface area contributed by atoms with Gasteiger partial charge in [-0.25, -0.2) is 0 Å². The first-order valence-electron chi connectivity index (χ1n) is 9.61. The second kappa shape index (κ2) is 7.74. The van der Waals surface area contributed by atoms with Gasteiger partial charge in [0, 0.05) is 50.4 Å². The lowest BCUT2D eigenvalue weighted by Crippen LogP contribution is -2.49. The van der Waals surface area contributed by atoms with Gasteiger partial charge in [0.15, 0.2) is 0 Å². The molecule has 144 valence electrons. The average Bonchev–Trinajstić information content (AvgIpc) is 2.67. The van der Waals surface area contributed by atoms with Gasteiger partial charge in [0.05, 0.1) is 18.9 Å². The Balaban J connectivity index is 1.36. The van der Waals surface area contributed by atoms with Crippen molar-refractivity contribution in [1.29, 1.82) is 0 Å². The number of hydrogen-bond donors (Lipinski definition) is 2. The topological polar surface area (TPSA) is 66.7 Å². The smallest absolute Gasteiger partial charge is 0.250 e. The lowest BCUT2D eigenvalue weighted by Gasteiger charge is -2.43. The van der Waals surface area contributed by atoms with E-state index in [-0.39, 0.29) is 5.56 Å². The van der Waals surface area contributed by atoms with E-state index in [4.69, 9.17) is 4.74 Å². The van der Waals surface area contributed by atoms with E-state index in [1.54, 1.807) is 13.2 Å². The van der Waals surface area contributed by atoms with Crippen LogP contribution in [-0.2, 0) is 6.54 Å². The number of piperidine rings is 1. The summed E-state index contributed by atoms with van der Waals surface area (Å²) in [7, 11) is 1.65. The van der Waals surface area contributed by atoms with E-state index in [0.717, 1.165) is 43.2 Å². The molecule has 2 N–H and O–H groups in total. The van der Waals surface area contributed by atoms with Crippen LogP contribution in [0.3, 0.4) is 0 Å². The number of likely N-dealkylation sites (tertiary alicyclic amines) is 1. The Labute approximate surface area is 159 Å². The molecule has 1 aromatic carbocycles. The third-order valence-electron chi connectivity index (χ3n) is 5.66. The molecule has 1 fully saturated rings. The number of ether oxygens (including phenoxy) is 1. The number of para-hydroxylation sites is 2. The predicted molar refractivity (Wildman–Crippen MR) is 105 cm³/mol. The van der Waals surface area contributed by atoms with Crippen molar-refractivity contribution in [2.75, 3.05) is 38.6 Å². The highest BCUT2D eigenvalue weighted by atomic mass is 16.5. The Bertz CT molecular complexity index is 851. The molecular weight excluding hydrogens is 342 g/mol. The molecule has 2 aromatic rings. The fourth-order valence-corrected chi connectivity index (χ4v) is 4.53. The molecule has 1 saturated heterocycles. The summed E-state index contributed by atoms with van der Waals surface area (Å²) in [5, 5.41) is 13.8. The van der Waals surface area contributed by atoms with E-state index < -0.39 is 6.10 Å². The zero-order valence-electron chi connectivity index (χ0n) is 15.7. The quantitative estimate of drug-likeness (QED) is 0.812. The molecular formula is C21H27N3O3. The molecule has 27 heavy (non-hydrogen) atoms. The standard InChI is InChI=1S/C21H27N3O3/c1-27-20-7-3-2-5-18(20)22-10-17(25)14-23-11-15-9-16(13-23)19-6-4-8-21(26)24(19)12-15/h2-8,15-17,22,25H,9-14H2,1H3/t15-,16-,17?/m0/s1. The molecule has 2 aliphatic rings. The monoisotopic (exact) mass is 369 g/mol. The summed E-state index contributed by atoms with van der Waals surface area (Å²) in [6.07, 6.45) is 0.668. The molecule has 6 nitrogen and oxygen atoms in total. The van der Waals surface area contributed by atoms with Crippen molar-refractivity contribution < 1.29 is 9.84 Å². The van der Waals surface area contributed by atoms with Crippen molar-refractivity contribution in [3.8, 4) is 5.75 Å². The van der Waals surface area contributed by atoms with Crippen LogP contribution in [0.5, 0.6) is 5.75 Å². The molecule has 0 saturated carbocycles. The SMILES string of the molecule is COc1ccccc1NCC(O)CN1C[C@@H]2C[C@@H](C1)c1cccc(=O)n1C2. The maximum Gasteiger partial charge on any atom is 0.250 e. The maximum absolute atomic E-state index is 12.1. The fourth-order valence-electron chi connectivity index (χ4n) is 4.53. The van der Waals surface area contributed by atoms with E-state index >= 15 is 0 Å². The Kier molecular flexibility index (Phi) is 5.18. The van der Waals surface area contributed by atoms with Crippen LogP contribution in [0.4, 0.5) is 5.69 Å². The summed E-state index contributed by atoms with van der Waals surface area (Å²) in [5.41, 5.74) is 2.14. The normalized spacial score (nSPS) is 22.7. The van der Waals surface area contributed by atoms with Gasteiger partial charge < -0.3 is 19.7 Å². The molecule has 0 radical (unpaired) electrons. The van der Waals surface area contributed by atoms with Crippen LogP contribution in [0.2, 0.25) is 0 Å². The summed E-state index contributed by atoms with van der Waals surface area (Å²) >= 11 is 0. The van der Waals surface area contributed by atoms with Crippen LogP contribution >= 0.6 is 0 Å². The van der Waals surface area contributed by atoms with Gasteiger partial charge in [-0.1, -0.05) is 18.2 Å². The lowest BCUT2D eigenvalue weighted by molar-refractivity contribution is 0.0676. The number of aliphatic hydroxyl groups is 1. The first kappa shape index (κ1) is 18.1. The van der Waals surface area contributed by atoms with Gasteiger partial charge in [-0.05, 0) is 30.5 Å². The number of benzene rings is 1. The number of fused-ring (bicyclic) bond motifs is 4. The van der Waals surface area contributed by atoms with Crippen LogP contribution in [0.1, 0.15) is 18.0 Å². The second-order valence-corrected chi connectivity index (χ2v) is 7.65. The Hall–Kier alpha value is -2.31. The summed E-state index contributed by atoms with van der Waals surface area (Å²) in [6, 6.07) is 13.3. The molecule has 1 aromatic heterocycles. The van der Waals surface area contributed by atoms with Gasteiger partial charge in [-0.2, -0.15) is 0 Å². The molecule has 4 rings (SSSR count). The minimum Gasteiger partial charge on any atom is -0.495 e. The largest absolute Gasteiger partial charge is 0.495 e. The summed E-state index contributed by atoms with van der Waals surface area (Å²) in [5.74, 6) is 1.63. The van der Waals surface area contributed by atoms with Crippen LogP contribution in [0.15, 0.2) is 47.3 Å². The van der Waals surface area contributed by atoms with Gasteiger partial charge in [0.1, 0.15) is 5.75 Å². The highest BCUT2D eigenvalue weighted by Gasteiger charge is 2.34. The van der Waals surface area contributed by atoms with Crippen molar-refractivity contribution in [3.05, 3.63) is 58.5 Å². The van der Waals surface area contributed by atoms with Gasteiger partial charge in [-0.15, -0.1) is 0 Å². The second-order valence-electron chi connectivity index (χ2n) is 7.65. The van der Waals surface area contributed by atoms with Gasteiger partial charge in [0.25, 0.3) is 5.56 Å². The number of pyridine rings is 1. The number of aliphatic hydroxyl groups excluding tert-OH is 1. The minimum absolute atomic E-state index is 0.108. The third kappa shape index (κ3) is 3.87. The lowest BCUT2D eigenvalue weighted by atomic mass is 9.83. The van der Waals surface area contributed by atoms with E-state index in [0.29, 0.717) is 24.9 Å². The van der Waals surface area contributed by atoms with Gasteiger partial charge >= 0.3 is 0 Å². The number of methoxy groups -OCH3 is 1. The fraction of sp³-hybridized carbons (Fsp3) is 0.476. The first-order chi connectivity index (χ1) is 13.1. The third-order valence-corrected chi connectivity index (χ3v) is 5.66. The zero-order chi connectivity index (χ0) is 18.8. The molecule has 2 bridgehead atoms. The number of nitrogens with zero attached hydrogens (tertiary/aromatic N) is 2. The summed E-state index contributed by atoms with van der Waals surface area (Å²) in [4.78, 5) is 14.5. The van der Waals surface area contributed by atoms with Crippen LogP contribution in [0, 0.1) is 5.92 Å². The van der Waals surface area contributed by atoms with Crippen LogP contribution in [0.25, 0.3) is 0 Å². The highest BCUT2D eigenvalue weighted by Crippen LogP contribution is 2.34. The minimum atomic E-state index is -0.466. The number of anilines is 1. The van der Waals surface area contributed by atoms with Crippen molar-refractivity contribution in [3.63, 3.8) is 0 Å². The van der Waals surface area contributed by atoms with E-state index in [1.165, 1.54) is 0 Å². The van der Waals surface area contributed by atoms with E-state index in [1.807, 2.05) is 34.9 Å². The van der Waals surface area contributed by atoms with Crippen LogP contribution in [-0.4, -0.2) is 54.0 Å².